The standard InChI is InChI=1S/C15H22N2/c1-4-17(10-12(2)3)11-14-9-13-7-5-6-8-15(13)16-14/h5-8,14,16H,2,4,9-11H2,1,3H3. The van der Waals surface area contributed by atoms with Gasteiger partial charge in [0, 0.05) is 24.8 Å². The van der Waals surface area contributed by atoms with Crippen molar-refractivity contribution in [3.63, 3.8) is 0 Å². The van der Waals surface area contributed by atoms with Gasteiger partial charge in [-0.15, -0.1) is 0 Å². The molecule has 1 atom stereocenters. The Morgan fingerprint density at radius 3 is 2.88 bits per heavy atom. The van der Waals surface area contributed by atoms with Gasteiger partial charge in [-0.1, -0.05) is 37.3 Å². The second kappa shape index (κ2) is 5.37. The van der Waals surface area contributed by atoms with Crippen molar-refractivity contribution in [3.8, 4) is 0 Å². The summed E-state index contributed by atoms with van der Waals surface area (Å²) in [5, 5.41) is 3.60. The van der Waals surface area contributed by atoms with Gasteiger partial charge in [0.1, 0.15) is 0 Å². The normalized spacial score (nSPS) is 17.9. The molecule has 1 aromatic carbocycles. The van der Waals surface area contributed by atoms with Crippen molar-refractivity contribution in [2.75, 3.05) is 25.0 Å². The molecule has 0 radical (unpaired) electrons. The number of para-hydroxylation sites is 1. The fourth-order valence-corrected chi connectivity index (χ4v) is 2.48. The minimum absolute atomic E-state index is 0.548. The summed E-state index contributed by atoms with van der Waals surface area (Å²) in [6, 6.07) is 9.15. The number of likely N-dealkylation sites (N-methyl/N-ethyl adjacent to an activating group) is 1. The predicted octanol–water partition coefficient (Wildman–Crippen LogP) is 2.92. The van der Waals surface area contributed by atoms with Gasteiger partial charge in [0.05, 0.1) is 0 Å². The van der Waals surface area contributed by atoms with Gasteiger partial charge in [0.2, 0.25) is 0 Å². The number of benzene rings is 1. The summed E-state index contributed by atoms with van der Waals surface area (Å²) in [4.78, 5) is 2.45. The summed E-state index contributed by atoms with van der Waals surface area (Å²) in [5.41, 5.74) is 4.00. The topological polar surface area (TPSA) is 15.3 Å². The molecule has 2 rings (SSSR count). The summed E-state index contributed by atoms with van der Waals surface area (Å²) in [6.45, 7) is 11.5. The fraction of sp³-hybridized carbons (Fsp3) is 0.467. The van der Waals surface area contributed by atoms with Crippen LogP contribution < -0.4 is 5.32 Å². The van der Waals surface area contributed by atoms with Gasteiger partial charge in [0.25, 0.3) is 0 Å². The van der Waals surface area contributed by atoms with E-state index >= 15 is 0 Å². The molecule has 0 aromatic heterocycles. The van der Waals surface area contributed by atoms with Crippen LogP contribution in [0, 0.1) is 0 Å². The molecule has 1 heterocycles. The van der Waals surface area contributed by atoms with Crippen molar-refractivity contribution in [2.45, 2.75) is 26.3 Å². The Bertz CT molecular complexity index is 373. The monoisotopic (exact) mass is 230 g/mol. The largest absolute Gasteiger partial charge is 0.380 e. The third kappa shape index (κ3) is 3.10. The van der Waals surface area contributed by atoms with E-state index in [-0.39, 0.29) is 0 Å². The Labute approximate surface area is 104 Å². The van der Waals surface area contributed by atoms with Gasteiger partial charge in [-0.25, -0.2) is 0 Å². The lowest BCUT2D eigenvalue weighted by Crippen LogP contribution is -2.36. The van der Waals surface area contributed by atoms with E-state index in [0.717, 1.165) is 26.1 Å². The van der Waals surface area contributed by atoms with Crippen LogP contribution in [0.4, 0.5) is 5.69 Å². The smallest absolute Gasteiger partial charge is 0.0429 e. The van der Waals surface area contributed by atoms with Gasteiger partial charge in [-0.2, -0.15) is 0 Å². The average Bonchev–Trinajstić information content (AvgIpc) is 2.69. The average molecular weight is 230 g/mol. The molecule has 0 fully saturated rings. The first kappa shape index (κ1) is 12.2. The van der Waals surface area contributed by atoms with Crippen LogP contribution in [-0.4, -0.2) is 30.6 Å². The van der Waals surface area contributed by atoms with Crippen LogP contribution in [0.25, 0.3) is 0 Å². The lowest BCUT2D eigenvalue weighted by molar-refractivity contribution is 0.299. The molecule has 2 nitrogen and oxygen atoms in total. The molecule has 0 spiro atoms. The molecule has 2 heteroatoms. The first-order valence-electron chi connectivity index (χ1n) is 6.40. The maximum absolute atomic E-state index is 3.99. The molecule has 1 aliphatic rings. The highest BCUT2D eigenvalue weighted by Gasteiger charge is 2.21. The van der Waals surface area contributed by atoms with E-state index < -0.39 is 0 Å². The first-order valence-corrected chi connectivity index (χ1v) is 6.40. The highest BCUT2D eigenvalue weighted by atomic mass is 15.1. The molecule has 1 aromatic rings. The maximum Gasteiger partial charge on any atom is 0.0429 e. The van der Waals surface area contributed by atoms with E-state index in [1.165, 1.54) is 16.8 Å². The Balaban J connectivity index is 1.92. The van der Waals surface area contributed by atoms with E-state index in [9.17, 15) is 0 Å². The number of rotatable bonds is 5. The van der Waals surface area contributed by atoms with Gasteiger partial charge in [-0.3, -0.25) is 4.90 Å². The van der Waals surface area contributed by atoms with E-state index in [4.69, 9.17) is 0 Å². The van der Waals surface area contributed by atoms with Crippen molar-refractivity contribution in [1.82, 2.24) is 4.90 Å². The number of fused-ring (bicyclic) bond motifs is 1. The Kier molecular flexibility index (Phi) is 3.85. The maximum atomic E-state index is 3.99. The second-order valence-corrected chi connectivity index (χ2v) is 4.99. The van der Waals surface area contributed by atoms with Crippen LogP contribution in [0.5, 0.6) is 0 Å². The van der Waals surface area contributed by atoms with Crippen molar-refractivity contribution in [2.24, 2.45) is 0 Å². The molecular formula is C15H22N2. The zero-order valence-corrected chi connectivity index (χ0v) is 10.9. The molecule has 0 bridgehead atoms. The van der Waals surface area contributed by atoms with Crippen LogP contribution in [0.15, 0.2) is 36.4 Å². The number of nitrogens with one attached hydrogen (secondary N) is 1. The van der Waals surface area contributed by atoms with E-state index in [1.54, 1.807) is 0 Å². The summed E-state index contributed by atoms with van der Waals surface area (Å²) in [5.74, 6) is 0. The number of anilines is 1. The van der Waals surface area contributed by atoms with Crippen LogP contribution in [0.1, 0.15) is 19.4 Å². The van der Waals surface area contributed by atoms with Crippen LogP contribution in [0.2, 0.25) is 0 Å². The third-order valence-corrected chi connectivity index (χ3v) is 3.26. The molecule has 0 saturated heterocycles. The minimum atomic E-state index is 0.548. The van der Waals surface area contributed by atoms with Crippen molar-refractivity contribution in [3.05, 3.63) is 42.0 Å². The lowest BCUT2D eigenvalue weighted by atomic mass is 10.1. The Morgan fingerprint density at radius 2 is 2.24 bits per heavy atom. The quantitative estimate of drug-likeness (QED) is 0.782. The minimum Gasteiger partial charge on any atom is -0.380 e. The highest BCUT2D eigenvalue weighted by molar-refractivity contribution is 5.56. The first-order chi connectivity index (χ1) is 8.19. The molecule has 0 aliphatic carbocycles. The molecule has 92 valence electrons. The summed E-state index contributed by atoms with van der Waals surface area (Å²) < 4.78 is 0. The Hall–Kier alpha value is -1.28. The number of hydrogen-bond donors (Lipinski definition) is 1. The predicted molar refractivity (Wildman–Crippen MR) is 74.5 cm³/mol. The van der Waals surface area contributed by atoms with Gasteiger partial charge in [-0.05, 0) is 31.5 Å². The SMILES string of the molecule is C=C(C)CN(CC)CC1Cc2ccccc2N1. The van der Waals surface area contributed by atoms with Crippen molar-refractivity contribution >= 4 is 5.69 Å². The van der Waals surface area contributed by atoms with Gasteiger partial charge >= 0.3 is 0 Å². The number of hydrogen-bond acceptors (Lipinski definition) is 2. The van der Waals surface area contributed by atoms with E-state index in [1.807, 2.05) is 0 Å². The van der Waals surface area contributed by atoms with Gasteiger partial charge < -0.3 is 5.32 Å². The third-order valence-electron chi connectivity index (χ3n) is 3.26. The summed E-state index contributed by atoms with van der Waals surface area (Å²) in [6.07, 6.45) is 1.14. The Morgan fingerprint density at radius 1 is 1.47 bits per heavy atom. The van der Waals surface area contributed by atoms with Crippen LogP contribution in [-0.2, 0) is 6.42 Å². The summed E-state index contributed by atoms with van der Waals surface area (Å²) >= 11 is 0. The molecular weight excluding hydrogens is 208 g/mol. The van der Waals surface area contributed by atoms with E-state index in [2.05, 4.69) is 54.9 Å². The van der Waals surface area contributed by atoms with Crippen LogP contribution >= 0.6 is 0 Å². The van der Waals surface area contributed by atoms with Crippen molar-refractivity contribution < 1.29 is 0 Å². The molecule has 0 amide bonds. The summed E-state index contributed by atoms with van der Waals surface area (Å²) in [7, 11) is 0. The molecule has 1 aliphatic heterocycles. The molecule has 17 heavy (non-hydrogen) atoms. The fourth-order valence-electron chi connectivity index (χ4n) is 2.48. The molecule has 1 unspecified atom stereocenters. The van der Waals surface area contributed by atoms with Gasteiger partial charge in [0.15, 0.2) is 0 Å². The van der Waals surface area contributed by atoms with Crippen LogP contribution in [0.3, 0.4) is 0 Å². The number of nitrogens with zero attached hydrogens (tertiary/aromatic N) is 1. The molecule has 0 saturated carbocycles. The second-order valence-electron chi connectivity index (χ2n) is 4.99. The van der Waals surface area contributed by atoms with E-state index in [0.29, 0.717) is 6.04 Å². The zero-order chi connectivity index (χ0) is 12.3. The molecule has 1 N–H and O–H groups in total. The lowest BCUT2D eigenvalue weighted by Gasteiger charge is -2.24. The zero-order valence-electron chi connectivity index (χ0n) is 10.9. The van der Waals surface area contributed by atoms with Crippen molar-refractivity contribution in [1.29, 1.82) is 0 Å². The highest BCUT2D eigenvalue weighted by Crippen LogP contribution is 2.25.